The summed E-state index contributed by atoms with van der Waals surface area (Å²) in [6.45, 7) is -2.01. The molecular weight excluding hydrogens is 270 g/mol. The first-order chi connectivity index (χ1) is 7.19. The van der Waals surface area contributed by atoms with Gasteiger partial charge in [-0.3, -0.25) is 9.32 Å². The molecule has 0 aliphatic rings. The van der Waals surface area contributed by atoms with Gasteiger partial charge >= 0.3 is 7.82 Å². The largest absolute Gasteiger partial charge is 0.469 e. The van der Waals surface area contributed by atoms with Crippen LogP contribution in [0.3, 0.4) is 0 Å². The number of phosphoric acid groups is 1. The second-order valence-corrected chi connectivity index (χ2v) is 4.15. The van der Waals surface area contributed by atoms with E-state index in [4.69, 9.17) is 30.2 Å². The molecule has 0 spiro atoms. The number of Topliss-reactive ketones (excluding diaryl/α,β-unsaturated/α-hetero) is 1. The number of rotatable bonds is 7. The van der Waals surface area contributed by atoms with E-state index in [1.165, 1.54) is 0 Å². The Balaban J connectivity index is 0. The molecule has 0 aromatic heterocycles. The fourth-order valence-electron chi connectivity index (χ4n) is 0.766. The van der Waals surface area contributed by atoms with Gasteiger partial charge in [0.2, 0.25) is 0 Å². The second kappa shape index (κ2) is 8.68. The molecule has 0 amide bonds. The van der Waals surface area contributed by atoms with E-state index in [0.717, 1.165) is 0 Å². The third-order valence-electron chi connectivity index (χ3n) is 1.62. The minimum Gasteiger partial charge on any atom is -0.388 e. The number of ketones is 1. The van der Waals surface area contributed by atoms with Crippen molar-refractivity contribution in [3.05, 3.63) is 0 Å². The summed E-state index contributed by atoms with van der Waals surface area (Å²) >= 11 is 0. The van der Waals surface area contributed by atoms with Gasteiger partial charge in [-0.05, 0) is 0 Å². The zero-order valence-electron chi connectivity index (χ0n) is 9.00. The van der Waals surface area contributed by atoms with Crippen LogP contribution >= 0.6 is 7.82 Å². The minimum atomic E-state index is -4.81. The first-order valence-electron chi connectivity index (χ1n) is 4.07. The van der Waals surface area contributed by atoms with Crippen molar-refractivity contribution in [3.63, 3.8) is 0 Å². The molecule has 0 unspecified atom stereocenters. The van der Waals surface area contributed by atoms with E-state index >= 15 is 0 Å². The molecule has 0 saturated carbocycles. The Bertz CT molecular complexity index is 279. The molecule has 0 saturated heterocycles. The number of aliphatic hydroxyl groups excluding tert-OH is 4. The third kappa shape index (κ3) is 8.36. The number of hydrogen-bond donors (Lipinski definition) is 6. The van der Waals surface area contributed by atoms with Crippen LogP contribution < -0.4 is 0 Å². The maximum absolute atomic E-state index is 10.7. The van der Waals surface area contributed by atoms with Crippen molar-refractivity contribution in [1.29, 1.82) is 0 Å². The average Bonchev–Trinajstić information content (AvgIpc) is 2.21. The topological polar surface area (TPSA) is 165 Å². The van der Waals surface area contributed by atoms with Crippen LogP contribution in [0, 0.1) is 0 Å². The van der Waals surface area contributed by atoms with Crippen molar-refractivity contribution in [3.8, 4) is 0 Å². The molecule has 17 heavy (non-hydrogen) atoms. The molecule has 9 nitrogen and oxygen atoms in total. The molecular formula is C6H13NaO9P. The van der Waals surface area contributed by atoms with Crippen molar-refractivity contribution >= 4 is 43.2 Å². The Kier molecular flexibility index (Phi) is 10.2. The number of aliphatic hydroxyl groups is 4. The summed E-state index contributed by atoms with van der Waals surface area (Å²) in [6, 6.07) is 0. The van der Waals surface area contributed by atoms with Crippen molar-refractivity contribution < 1.29 is 44.1 Å². The van der Waals surface area contributed by atoms with E-state index in [9.17, 15) is 9.36 Å². The van der Waals surface area contributed by atoms with E-state index < -0.39 is 45.1 Å². The Morgan fingerprint density at radius 2 is 1.71 bits per heavy atom. The molecule has 0 bridgehead atoms. The number of carbonyl (C=O) groups excluding carboxylic acids is 1. The van der Waals surface area contributed by atoms with Crippen LogP contribution in [0.2, 0.25) is 0 Å². The van der Waals surface area contributed by atoms with Gasteiger partial charge in [0.1, 0.15) is 24.9 Å². The van der Waals surface area contributed by atoms with E-state index in [1.807, 2.05) is 0 Å². The van der Waals surface area contributed by atoms with Crippen LogP contribution in [0.1, 0.15) is 0 Å². The van der Waals surface area contributed by atoms with Gasteiger partial charge in [0.05, 0.1) is 6.61 Å². The standard InChI is InChI=1S/C6H13O9P.Na/c7-1-3(8)5(10)6(11)4(9)2-15-16(12,13)14;/h4-7,9-11H,1-2H2,(H2,12,13,14);/t4-,5-,6-;/m1./s1. The fraction of sp³-hybridized carbons (Fsp3) is 0.833. The molecule has 0 heterocycles. The SMILES string of the molecule is O=C(CO)[C@@H](O)[C@H](O)[C@H](O)COP(=O)(O)O.[Na]. The van der Waals surface area contributed by atoms with Crippen molar-refractivity contribution in [2.45, 2.75) is 18.3 Å². The second-order valence-electron chi connectivity index (χ2n) is 2.91. The zero-order chi connectivity index (χ0) is 12.9. The van der Waals surface area contributed by atoms with Gasteiger partial charge in [0.15, 0.2) is 5.78 Å². The first kappa shape index (κ1) is 19.9. The summed E-state index contributed by atoms with van der Waals surface area (Å²) in [6.07, 6.45) is -5.94. The van der Waals surface area contributed by atoms with Crippen LogP contribution in [0.5, 0.6) is 0 Å². The Morgan fingerprint density at radius 3 is 2.06 bits per heavy atom. The van der Waals surface area contributed by atoms with Gasteiger partial charge in [-0.1, -0.05) is 0 Å². The third-order valence-corrected chi connectivity index (χ3v) is 2.10. The van der Waals surface area contributed by atoms with E-state index in [-0.39, 0.29) is 29.6 Å². The van der Waals surface area contributed by atoms with E-state index in [0.29, 0.717) is 0 Å². The maximum Gasteiger partial charge on any atom is 0.469 e. The number of carbonyl (C=O) groups is 1. The molecule has 0 fully saturated rings. The molecule has 0 rings (SSSR count). The Morgan fingerprint density at radius 1 is 1.24 bits per heavy atom. The minimum absolute atomic E-state index is 0. The van der Waals surface area contributed by atoms with E-state index in [1.54, 1.807) is 0 Å². The summed E-state index contributed by atoms with van der Waals surface area (Å²) in [5, 5.41) is 35.6. The van der Waals surface area contributed by atoms with Gasteiger partial charge in [-0.15, -0.1) is 0 Å². The van der Waals surface area contributed by atoms with Gasteiger partial charge in [-0.2, -0.15) is 0 Å². The quantitative estimate of drug-likeness (QED) is 0.204. The predicted octanol–water partition coefficient (Wildman–Crippen LogP) is -3.64. The van der Waals surface area contributed by atoms with Gasteiger partial charge in [-0.25, -0.2) is 4.57 Å². The van der Waals surface area contributed by atoms with Crippen LogP contribution in [0.4, 0.5) is 0 Å². The summed E-state index contributed by atoms with van der Waals surface area (Å²) < 4.78 is 14.1. The molecule has 97 valence electrons. The molecule has 11 heteroatoms. The van der Waals surface area contributed by atoms with Crippen molar-refractivity contribution in [2.75, 3.05) is 13.2 Å². The van der Waals surface area contributed by atoms with Crippen LogP contribution in [-0.2, 0) is 13.9 Å². The Hall–Kier alpha value is 0.620. The van der Waals surface area contributed by atoms with Crippen LogP contribution in [0.25, 0.3) is 0 Å². The molecule has 0 aromatic rings. The van der Waals surface area contributed by atoms with Crippen LogP contribution in [0.15, 0.2) is 0 Å². The normalized spacial score (nSPS) is 16.8. The summed E-state index contributed by atoms with van der Waals surface area (Å²) in [5.41, 5.74) is 0. The average molecular weight is 283 g/mol. The zero-order valence-corrected chi connectivity index (χ0v) is 11.9. The molecule has 0 aromatic carbocycles. The first-order valence-corrected chi connectivity index (χ1v) is 5.60. The smallest absolute Gasteiger partial charge is 0.388 e. The number of phosphoric ester groups is 1. The molecule has 0 aliphatic heterocycles. The summed E-state index contributed by atoms with van der Waals surface area (Å²) in [7, 11) is -4.81. The molecule has 6 N–H and O–H groups in total. The Labute approximate surface area is 119 Å². The summed E-state index contributed by atoms with van der Waals surface area (Å²) in [5.74, 6) is -1.14. The predicted molar refractivity (Wildman–Crippen MR) is 53.9 cm³/mol. The maximum atomic E-state index is 10.7. The monoisotopic (exact) mass is 283 g/mol. The molecule has 3 atom stereocenters. The summed E-state index contributed by atoms with van der Waals surface area (Å²) in [4.78, 5) is 27.2. The van der Waals surface area contributed by atoms with Crippen molar-refractivity contribution in [1.82, 2.24) is 0 Å². The molecule has 0 aliphatic carbocycles. The van der Waals surface area contributed by atoms with Gasteiger partial charge < -0.3 is 30.2 Å². The van der Waals surface area contributed by atoms with E-state index in [2.05, 4.69) is 4.52 Å². The fourth-order valence-corrected chi connectivity index (χ4v) is 1.11. The number of hydrogen-bond acceptors (Lipinski definition) is 7. The van der Waals surface area contributed by atoms with Crippen molar-refractivity contribution in [2.24, 2.45) is 0 Å². The van der Waals surface area contributed by atoms with Crippen LogP contribution in [-0.4, -0.2) is 97.1 Å². The van der Waals surface area contributed by atoms with Gasteiger partial charge in [0.25, 0.3) is 0 Å². The van der Waals surface area contributed by atoms with Gasteiger partial charge in [0, 0.05) is 29.6 Å². The molecule has 1 radical (unpaired) electrons.